The zero-order chi connectivity index (χ0) is 18.7. The van der Waals surface area contributed by atoms with Crippen LogP contribution in [-0.2, 0) is 11.2 Å². The quantitative estimate of drug-likeness (QED) is 0.669. The van der Waals surface area contributed by atoms with Gasteiger partial charge in [-0.1, -0.05) is 23.7 Å². The zero-order valence-corrected chi connectivity index (χ0v) is 14.6. The number of aryl methyl sites for hydroxylation is 1. The first-order valence-corrected chi connectivity index (χ1v) is 8.27. The second kappa shape index (κ2) is 7.66. The molecule has 0 radical (unpaired) electrons. The number of rotatable bonds is 5. The molecular weight excluding hydrogens is 362 g/mol. The Morgan fingerprint density at radius 1 is 1.19 bits per heavy atom. The van der Waals surface area contributed by atoms with E-state index in [1.807, 2.05) is 0 Å². The minimum atomic E-state index is -0.734. The second-order valence-corrected chi connectivity index (χ2v) is 6.08. The molecule has 0 spiro atoms. The molecule has 4 nitrogen and oxygen atoms in total. The maximum absolute atomic E-state index is 13.8. The summed E-state index contributed by atoms with van der Waals surface area (Å²) in [6, 6.07) is 8.79. The molecule has 0 aliphatic rings. The fourth-order valence-electron chi connectivity index (χ4n) is 2.45. The van der Waals surface area contributed by atoms with Gasteiger partial charge in [-0.05, 0) is 36.8 Å². The summed E-state index contributed by atoms with van der Waals surface area (Å²) in [5, 5.41) is 3.33. The van der Waals surface area contributed by atoms with Crippen LogP contribution in [0.15, 0.2) is 47.0 Å². The van der Waals surface area contributed by atoms with E-state index in [0.717, 1.165) is 17.7 Å². The first kappa shape index (κ1) is 18.1. The number of benzene rings is 2. The van der Waals surface area contributed by atoms with Gasteiger partial charge >= 0.3 is 0 Å². The van der Waals surface area contributed by atoms with Crippen molar-refractivity contribution in [1.82, 2.24) is 4.98 Å². The van der Waals surface area contributed by atoms with Crippen molar-refractivity contribution in [3.05, 3.63) is 70.7 Å². The largest absolute Gasteiger partial charge is 0.441 e. The van der Waals surface area contributed by atoms with Gasteiger partial charge in [0.2, 0.25) is 5.91 Å². The normalized spacial score (nSPS) is 10.8. The van der Waals surface area contributed by atoms with Crippen LogP contribution in [0.25, 0.3) is 11.3 Å². The molecule has 3 aromatic rings. The number of hydrogen-bond acceptors (Lipinski definition) is 3. The standard InChI is InChI=1S/C19H15ClF2N2O2/c1-11-12(20)4-2-7-15(11)24-17(25)8-9-18-23-10-16(26-18)19-13(21)5-3-6-14(19)22/h2-7,10H,8-9H2,1H3,(H,24,25). The number of amides is 1. The van der Waals surface area contributed by atoms with Crippen molar-refractivity contribution in [1.29, 1.82) is 0 Å². The predicted octanol–water partition coefficient (Wildman–Crippen LogP) is 5.15. The Balaban J connectivity index is 1.65. The number of hydrogen-bond donors (Lipinski definition) is 1. The van der Waals surface area contributed by atoms with Gasteiger partial charge < -0.3 is 9.73 Å². The first-order chi connectivity index (χ1) is 12.5. The molecule has 1 heterocycles. The maximum Gasteiger partial charge on any atom is 0.224 e. The third-order valence-corrected chi connectivity index (χ3v) is 4.28. The van der Waals surface area contributed by atoms with Crippen LogP contribution in [-0.4, -0.2) is 10.9 Å². The Morgan fingerprint density at radius 2 is 1.88 bits per heavy atom. The minimum Gasteiger partial charge on any atom is -0.441 e. The molecule has 0 bridgehead atoms. The molecule has 0 aliphatic carbocycles. The summed E-state index contributed by atoms with van der Waals surface area (Å²) in [6.07, 6.45) is 1.54. The van der Waals surface area contributed by atoms with Crippen LogP contribution in [0.5, 0.6) is 0 Å². The highest BCUT2D eigenvalue weighted by molar-refractivity contribution is 6.31. The highest BCUT2D eigenvalue weighted by Crippen LogP contribution is 2.27. The Kier molecular flexibility index (Phi) is 5.32. The average molecular weight is 377 g/mol. The van der Waals surface area contributed by atoms with E-state index in [2.05, 4.69) is 10.3 Å². The smallest absolute Gasteiger partial charge is 0.224 e. The Morgan fingerprint density at radius 3 is 2.62 bits per heavy atom. The maximum atomic E-state index is 13.8. The number of carbonyl (C=O) groups excluding carboxylic acids is 1. The molecule has 0 atom stereocenters. The van der Waals surface area contributed by atoms with Crippen molar-refractivity contribution >= 4 is 23.2 Å². The Hall–Kier alpha value is -2.73. The number of anilines is 1. The second-order valence-electron chi connectivity index (χ2n) is 5.68. The van der Waals surface area contributed by atoms with Crippen LogP contribution in [0.3, 0.4) is 0 Å². The number of nitrogens with zero attached hydrogens (tertiary/aromatic N) is 1. The summed E-state index contributed by atoms with van der Waals surface area (Å²) in [7, 11) is 0. The molecule has 134 valence electrons. The predicted molar refractivity (Wildman–Crippen MR) is 95.0 cm³/mol. The van der Waals surface area contributed by atoms with Gasteiger partial charge in [0.15, 0.2) is 11.7 Å². The zero-order valence-electron chi connectivity index (χ0n) is 13.9. The van der Waals surface area contributed by atoms with E-state index in [1.54, 1.807) is 25.1 Å². The summed E-state index contributed by atoms with van der Waals surface area (Å²) < 4.78 is 32.9. The first-order valence-electron chi connectivity index (χ1n) is 7.89. The molecule has 3 rings (SSSR count). The van der Waals surface area contributed by atoms with Crippen molar-refractivity contribution in [2.75, 3.05) is 5.32 Å². The number of nitrogens with one attached hydrogen (secondary N) is 1. The fraction of sp³-hybridized carbons (Fsp3) is 0.158. The van der Waals surface area contributed by atoms with Crippen molar-refractivity contribution in [2.45, 2.75) is 19.8 Å². The van der Waals surface area contributed by atoms with Crippen molar-refractivity contribution in [3.8, 4) is 11.3 Å². The van der Waals surface area contributed by atoms with E-state index in [-0.39, 0.29) is 36.0 Å². The molecule has 2 aromatic carbocycles. The van der Waals surface area contributed by atoms with Gasteiger partial charge in [-0.2, -0.15) is 0 Å². The minimum absolute atomic E-state index is 0.0123. The summed E-state index contributed by atoms with van der Waals surface area (Å²) in [6.45, 7) is 1.81. The van der Waals surface area contributed by atoms with E-state index in [4.69, 9.17) is 16.0 Å². The number of aromatic nitrogens is 1. The fourth-order valence-corrected chi connectivity index (χ4v) is 2.63. The van der Waals surface area contributed by atoms with E-state index in [1.165, 1.54) is 12.3 Å². The highest BCUT2D eigenvalue weighted by atomic mass is 35.5. The lowest BCUT2D eigenvalue weighted by Gasteiger charge is -2.08. The molecule has 0 unspecified atom stereocenters. The van der Waals surface area contributed by atoms with Crippen molar-refractivity contribution in [3.63, 3.8) is 0 Å². The number of oxazole rings is 1. The molecule has 0 saturated heterocycles. The van der Waals surface area contributed by atoms with E-state index < -0.39 is 11.6 Å². The average Bonchev–Trinajstić information content (AvgIpc) is 3.06. The Bertz CT molecular complexity index is 936. The lowest BCUT2D eigenvalue weighted by Crippen LogP contribution is -2.13. The molecule has 0 fully saturated rings. The number of halogens is 3. The van der Waals surface area contributed by atoms with Crippen LogP contribution in [0.1, 0.15) is 17.9 Å². The molecule has 0 aliphatic heterocycles. The van der Waals surface area contributed by atoms with Gasteiger partial charge in [0.25, 0.3) is 0 Å². The third kappa shape index (κ3) is 3.91. The van der Waals surface area contributed by atoms with Gasteiger partial charge in [-0.25, -0.2) is 13.8 Å². The molecule has 1 N–H and O–H groups in total. The van der Waals surface area contributed by atoms with Crippen LogP contribution in [0.4, 0.5) is 14.5 Å². The Labute approximate surface area is 153 Å². The van der Waals surface area contributed by atoms with Crippen LogP contribution < -0.4 is 5.32 Å². The van der Waals surface area contributed by atoms with Crippen molar-refractivity contribution < 1.29 is 18.0 Å². The lowest BCUT2D eigenvalue weighted by atomic mass is 10.1. The van der Waals surface area contributed by atoms with E-state index in [9.17, 15) is 13.6 Å². The third-order valence-electron chi connectivity index (χ3n) is 3.87. The summed E-state index contributed by atoms with van der Waals surface area (Å²) >= 11 is 6.02. The van der Waals surface area contributed by atoms with Gasteiger partial charge in [0, 0.05) is 23.6 Å². The monoisotopic (exact) mass is 376 g/mol. The molecular formula is C19H15ClF2N2O2. The number of carbonyl (C=O) groups is 1. The highest BCUT2D eigenvalue weighted by Gasteiger charge is 2.16. The molecule has 7 heteroatoms. The van der Waals surface area contributed by atoms with Crippen molar-refractivity contribution in [2.24, 2.45) is 0 Å². The van der Waals surface area contributed by atoms with Crippen LogP contribution in [0, 0.1) is 18.6 Å². The molecule has 26 heavy (non-hydrogen) atoms. The molecule has 1 amide bonds. The van der Waals surface area contributed by atoms with Gasteiger partial charge in [0.05, 0.1) is 11.8 Å². The summed E-state index contributed by atoms with van der Waals surface area (Å²) in [5.41, 5.74) is 1.13. The van der Waals surface area contributed by atoms with Gasteiger partial charge in [-0.3, -0.25) is 4.79 Å². The summed E-state index contributed by atoms with van der Waals surface area (Å²) in [4.78, 5) is 16.1. The topological polar surface area (TPSA) is 55.1 Å². The molecule has 0 saturated carbocycles. The van der Waals surface area contributed by atoms with Gasteiger partial charge in [0.1, 0.15) is 11.6 Å². The van der Waals surface area contributed by atoms with Crippen LogP contribution in [0.2, 0.25) is 5.02 Å². The lowest BCUT2D eigenvalue weighted by molar-refractivity contribution is -0.116. The SMILES string of the molecule is Cc1c(Cl)cccc1NC(=O)CCc1ncc(-c2c(F)cccc2F)o1. The van der Waals surface area contributed by atoms with E-state index >= 15 is 0 Å². The van der Waals surface area contributed by atoms with E-state index in [0.29, 0.717) is 10.7 Å². The van der Waals surface area contributed by atoms with Crippen LogP contribution >= 0.6 is 11.6 Å². The summed E-state index contributed by atoms with van der Waals surface area (Å²) in [5.74, 6) is -1.50. The van der Waals surface area contributed by atoms with Gasteiger partial charge in [-0.15, -0.1) is 0 Å². The molecule has 1 aromatic heterocycles.